The summed E-state index contributed by atoms with van der Waals surface area (Å²) in [5.41, 5.74) is 3.66. The maximum Gasteiger partial charge on any atom is 0.0406 e. The average Bonchev–Trinajstić information content (AvgIpc) is 2.71. The fourth-order valence-corrected chi connectivity index (χ4v) is 3.98. The second-order valence-electron chi connectivity index (χ2n) is 7.18. The summed E-state index contributed by atoms with van der Waals surface area (Å²) in [5.74, 6) is 0. The number of nitrogens with one attached hydrogen (secondary N) is 1. The van der Waals surface area contributed by atoms with Gasteiger partial charge in [0, 0.05) is 50.5 Å². The first kappa shape index (κ1) is 18.2. The van der Waals surface area contributed by atoms with E-state index in [-0.39, 0.29) is 0 Å². The smallest absolute Gasteiger partial charge is 0.0406 e. The number of piperazine rings is 1. The molecule has 1 heterocycles. The van der Waals surface area contributed by atoms with Gasteiger partial charge in [-0.1, -0.05) is 60.1 Å². The van der Waals surface area contributed by atoms with Crippen LogP contribution >= 0.6 is 11.6 Å². The van der Waals surface area contributed by atoms with Crippen LogP contribution < -0.4 is 0 Å². The van der Waals surface area contributed by atoms with Crippen molar-refractivity contribution in [2.24, 2.45) is 0 Å². The van der Waals surface area contributed by atoms with Crippen LogP contribution in [0.2, 0.25) is 5.02 Å². The molecular weight excluding hydrogens is 354 g/mol. The lowest BCUT2D eigenvalue weighted by Crippen LogP contribution is -2.45. The standard InChI is InChI=1S/C23H24ClN3/c24-21-9-7-18(8-10-21)16-26-11-13-27(14-12-26)17-20-4-2-5-22-19(15-25)3-1-6-23(20)22/h1-10,15,25H,11-14,16-17H2. The second kappa shape index (κ2) is 8.22. The summed E-state index contributed by atoms with van der Waals surface area (Å²) in [6, 6.07) is 20.9. The molecule has 0 atom stereocenters. The summed E-state index contributed by atoms with van der Waals surface area (Å²) in [5, 5.41) is 10.9. The van der Waals surface area contributed by atoms with E-state index in [4.69, 9.17) is 17.0 Å². The topological polar surface area (TPSA) is 30.3 Å². The van der Waals surface area contributed by atoms with Crippen LogP contribution in [0, 0.1) is 5.41 Å². The number of fused-ring (bicyclic) bond motifs is 1. The van der Waals surface area contributed by atoms with Crippen LogP contribution in [0.15, 0.2) is 60.7 Å². The summed E-state index contributed by atoms with van der Waals surface area (Å²) in [6.45, 7) is 6.27. The molecule has 0 amide bonds. The van der Waals surface area contributed by atoms with Gasteiger partial charge in [0.25, 0.3) is 0 Å². The molecule has 3 nitrogen and oxygen atoms in total. The first-order chi connectivity index (χ1) is 13.2. The van der Waals surface area contributed by atoms with Crippen LogP contribution in [0.1, 0.15) is 16.7 Å². The van der Waals surface area contributed by atoms with Gasteiger partial charge in [-0.05, 0) is 39.6 Å². The zero-order chi connectivity index (χ0) is 18.6. The van der Waals surface area contributed by atoms with E-state index < -0.39 is 0 Å². The van der Waals surface area contributed by atoms with Gasteiger partial charge in [-0.25, -0.2) is 0 Å². The molecule has 138 valence electrons. The molecule has 3 aromatic carbocycles. The molecule has 0 radical (unpaired) electrons. The second-order valence-corrected chi connectivity index (χ2v) is 7.62. The van der Waals surface area contributed by atoms with Crippen LogP contribution in [0.3, 0.4) is 0 Å². The van der Waals surface area contributed by atoms with Gasteiger partial charge in [-0.2, -0.15) is 0 Å². The number of nitrogens with zero attached hydrogens (tertiary/aromatic N) is 2. The molecule has 0 aliphatic carbocycles. The third-order valence-electron chi connectivity index (χ3n) is 5.38. The molecule has 27 heavy (non-hydrogen) atoms. The molecule has 4 heteroatoms. The van der Waals surface area contributed by atoms with Gasteiger partial charge >= 0.3 is 0 Å². The molecule has 1 N–H and O–H groups in total. The van der Waals surface area contributed by atoms with Crippen molar-refractivity contribution in [2.45, 2.75) is 13.1 Å². The Bertz CT molecular complexity index is 928. The fourth-order valence-electron chi connectivity index (χ4n) is 3.86. The highest BCUT2D eigenvalue weighted by atomic mass is 35.5. The number of benzene rings is 3. The van der Waals surface area contributed by atoms with Crippen molar-refractivity contribution < 1.29 is 0 Å². The molecule has 0 bridgehead atoms. The summed E-state index contributed by atoms with van der Waals surface area (Å²) in [4.78, 5) is 5.04. The summed E-state index contributed by atoms with van der Waals surface area (Å²) < 4.78 is 0. The van der Waals surface area contributed by atoms with Crippen molar-refractivity contribution >= 4 is 28.6 Å². The third kappa shape index (κ3) is 4.22. The van der Waals surface area contributed by atoms with Gasteiger partial charge in [0.2, 0.25) is 0 Å². The molecule has 4 rings (SSSR count). The normalized spacial score (nSPS) is 15.9. The Morgan fingerprint density at radius 1 is 0.778 bits per heavy atom. The van der Waals surface area contributed by atoms with E-state index >= 15 is 0 Å². The molecule has 1 aliphatic heterocycles. The van der Waals surface area contributed by atoms with Gasteiger partial charge in [0.05, 0.1) is 0 Å². The maximum absolute atomic E-state index is 7.63. The molecule has 3 aromatic rings. The molecule has 1 saturated heterocycles. The van der Waals surface area contributed by atoms with Crippen LogP contribution in [0.25, 0.3) is 10.8 Å². The highest BCUT2D eigenvalue weighted by Gasteiger charge is 2.18. The Balaban J connectivity index is 1.40. The molecule has 0 spiro atoms. The molecule has 1 aliphatic rings. The Morgan fingerprint density at radius 3 is 2.11 bits per heavy atom. The highest BCUT2D eigenvalue weighted by Crippen LogP contribution is 2.23. The van der Waals surface area contributed by atoms with E-state index in [0.29, 0.717) is 0 Å². The van der Waals surface area contributed by atoms with Crippen molar-refractivity contribution in [3.05, 3.63) is 82.4 Å². The van der Waals surface area contributed by atoms with Crippen LogP contribution in [-0.2, 0) is 13.1 Å². The Labute approximate surface area is 165 Å². The minimum Gasteiger partial charge on any atom is -0.308 e. The monoisotopic (exact) mass is 377 g/mol. The first-order valence-corrected chi connectivity index (χ1v) is 9.81. The van der Waals surface area contributed by atoms with Crippen LogP contribution in [0.5, 0.6) is 0 Å². The van der Waals surface area contributed by atoms with Gasteiger partial charge in [-0.3, -0.25) is 9.80 Å². The number of rotatable bonds is 5. The predicted octanol–water partition coefficient (Wildman–Crippen LogP) is 4.81. The highest BCUT2D eigenvalue weighted by molar-refractivity contribution is 6.30. The molecule has 0 unspecified atom stereocenters. The van der Waals surface area contributed by atoms with E-state index in [1.165, 1.54) is 28.1 Å². The lowest BCUT2D eigenvalue weighted by atomic mass is 10.00. The van der Waals surface area contributed by atoms with E-state index in [9.17, 15) is 0 Å². The van der Waals surface area contributed by atoms with Crippen molar-refractivity contribution in [2.75, 3.05) is 26.2 Å². The zero-order valence-corrected chi connectivity index (χ0v) is 16.1. The Hall–Kier alpha value is -2.20. The fraction of sp³-hybridized carbons (Fsp3) is 0.261. The largest absolute Gasteiger partial charge is 0.308 e. The Kier molecular flexibility index (Phi) is 5.53. The van der Waals surface area contributed by atoms with Crippen molar-refractivity contribution in [1.82, 2.24) is 9.80 Å². The Morgan fingerprint density at radius 2 is 1.41 bits per heavy atom. The van der Waals surface area contributed by atoms with Gasteiger partial charge in [0.15, 0.2) is 0 Å². The minimum atomic E-state index is 0.796. The molecular formula is C23H24ClN3. The summed E-state index contributed by atoms with van der Waals surface area (Å²) in [7, 11) is 0. The number of hydrogen-bond acceptors (Lipinski definition) is 3. The molecule has 0 saturated carbocycles. The third-order valence-corrected chi connectivity index (χ3v) is 5.63. The SMILES string of the molecule is N=Cc1cccc2c(CN3CCN(Cc4ccc(Cl)cc4)CC3)cccc12. The van der Waals surface area contributed by atoms with Crippen LogP contribution in [0.4, 0.5) is 0 Å². The van der Waals surface area contributed by atoms with E-state index in [0.717, 1.165) is 49.9 Å². The average molecular weight is 378 g/mol. The van der Waals surface area contributed by atoms with Crippen molar-refractivity contribution in [1.29, 1.82) is 5.41 Å². The summed E-state index contributed by atoms with van der Waals surface area (Å²) >= 11 is 5.98. The van der Waals surface area contributed by atoms with Gasteiger partial charge < -0.3 is 5.41 Å². The minimum absolute atomic E-state index is 0.796. The maximum atomic E-state index is 7.63. The van der Waals surface area contributed by atoms with Crippen LogP contribution in [-0.4, -0.2) is 42.2 Å². The lowest BCUT2D eigenvalue weighted by molar-refractivity contribution is 0.122. The van der Waals surface area contributed by atoms with E-state index in [1.807, 2.05) is 18.2 Å². The predicted molar refractivity (Wildman–Crippen MR) is 114 cm³/mol. The van der Waals surface area contributed by atoms with Gasteiger partial charge in [-0.15, -0.1) is 0 Å². The summed E-state index contributed by atoms with van der Waals surface area (Å²) in [6.07, 6.45) is 1.45. The lowest BCUT2D eigenvalue weighted by Gasteiger charge is -2.35. The molecule has 1 fully saturated rings. The quantitative estimate of drug-likeness (QED) is 0.647. The van der Waals surface area contributed by atoms with Crippen molar-refractivity contribution in [3.8, 4) is 0 Å². The van der Waals surface area contributed by atoms with E-state index in [1.54, 1.807) is 0 Å². The zero-order valence-electron chi connectivity index (χ0n) is 15.4. The van der Waals surface area contributed by atoms with E-state index in [2.05, 4.69) is 52.3 Å². The first-order valence-electron chi connectivity index (χ1n) is 9.43. The van der Waals surface area contributed by atoms with Crippen molar-refractivity contribution in [3.63, 3.8) is 0 Å². The van der Waals surface area contributed by atoms with Gasteiger partial charge in [0.1, 0.15) is 0 Å². The number of halogens is 1. The number of hydrogen-bond donors (Lipinski definition) is 1. The molecule has 0 aromatic heterocycles.